The predicted octanol–water partition coefficient (Wildman–Crippen LogP) is 2.90. The van der Waals surface area contributed by atoms with Crippen molar-refractivity contribution in [3.63, 3.8) is 0 Å². The number of rotatable bonds is 1. The largest absolute Gasteiger partial charge is 0.261 e. The number of aliphatic imine (C=N–C) groups is 2. The molecule has 68 valence electrons. The fourth-order valence-electron chi connectivity index (χ4n) is 1.22. The van der Waals surface area contributed by atoms with Crippen LogP contribution in [0.4, 0.5) is 0 Å². The molecule has 0 fully saturated rings. The highest BCUT2D eigenvalue weighted by atomic mass is 14.8. The zero-order valence-corrected chi connectivity index (χ0v) is 8.33. The van der Waals surface area contributed by atoms with Crippen LogP contribution in [-0.4, -0.2) is 11.4 Å². The van der Waals surface area contributed by atoms with Gasteiger partial charge >= 0.3 is 0 Å². The summed E-state index contributed by atoms with van der Waals surface area (Å²) in [5.74, 6) is 0. The molecule has 0 unspecified atom stereocenters. The Morgan fingerprint density at radius 1 is 1.62 bits per heavy atom. The zero-order chi connectivity index (χ0) is 9.84. The van der Waals surface area contributed by atoms with E-state index in [0.29, 0.717) is 0 Å². The Kier molecular flexibility index (Phi) is 2.96. The molecule has 1 rings (SSSR count). The minimum atomic E-state index is 0.814. The van der Waals surface area contributed by atoms with Crippen molar-refractivity contribution in [2.75, 3.05) is 0 Å². The molecule has 0 amide bonds. The van der Waals surface area contributed by atoms with Gasteiger partial charge in [-0.3, -0.25) is 9.98 Å². The Morgan fingerprint density at radius 3 is 2.85 bits per heavy atom. The van der Waals surface area contributed by atoms with Crippen LogP contribution in [0.25, 0.3) is 0 Å². The van der Waals surface area contributed by atoms with Crippen molar-refractivity contribution in [3.8, 4) is 0 Å². The molecule has 1 aliphatic heterocycles. The standard InChI is InChI=1S/C11H14N2/c1-5-10-9(4)12-7-6-11(10)13-8(2)3/h5-7H,2H2,1,3-4H3/b10-5-,13-11?. The Balaban J connectivity index is 3.09. The summed E-state index contributed by atoms with van der Waals surface area (Å²) in [5, 5.41) is 0. The van der Waals surface area contributed by atoms with Gasteiger partial charge in [-0.25, -0.2) is 0 Å². The first-order valence-corrected chi connectivity index (χ1v) is 4.27. The third-order valence-electron chi connectivity index (χ3n) is 1.77. The van der Waals surface area contributed by atoms with Crippen molar-refractivity contribution in [3.05, 3.63) is 36.2 Å². The monoisotopic (exact) mass is 174 g/mol. The lowest BCUT2D eigenvalue weighted by molar-refractivity contribution is 1.32. The van der Waals surface area contributed by atoms with Gasteiger partial charge in [0, 0.05) is 23.2 Å². The Bertz CT molecular complexity index is 341. The van der Waals surface area contributed by atoms with Gasteiger partial charge in [-0.2, -0.15) is 0 Å². The molecule has 1 heterocycles. The minimum Gasteiger partial charge on any atom is -0.261 e. The summed E-state index contributed by atoms with van der Waals surface area (Å²) in [7, 11) is 0. The molecule has 0 spiro atoms. The molecule has 2 nitrogen and oxygen atoms in total. The van der Waals surface area contributed by atoms with E-state index in [-0.39, 0.29) is 0 Å². The van der Waals surface area contributed by atoms with Crippen LogP contribution in [-0.2, 0) is 0 Å². The lowest BCUT2D eigenvalue weighted by Crippen LogP contribution is -2.11. The van der Waals surface area contributed by atoms with E-state index in [1.54, 1.807) is 6.20 Å². The van der Waals surface area contributed by atoms with Gasteiger partial charge < -0.3 is 0 Å². The van der Waals surface area contributed by atoms with Crippen molar-refractivity contribution in [2.24, 2.45) is 9.98 Å². The summed E-state index contributed by atoms with van der Waals surface area (Å²) in [5.41, 5.74) is 3.85. The second kappa shape index (κ2) is 3.99. The van der Waals surface area contributed by atoms with Gasteiger partial charge in [0.2, 0.25) is 0 Å². The highest BCUT2D eigenvalue weighted by Crippen LogP contribution is 2.10. The van der Waals surface area contributed by atoms with Gasteiger partial charge in [0.15, 0.2) is 0 Å². The van der Waals surface area contributed by atoms with Crippen molar-refractivity contribution < 1.29 is 0 Å². The smallest absolute Gasteiger partial charge is 0.0735 e. The van der Waals surface area contributed by atoms with Crippen LogP contribution in [0.1, 0.15) is 20.8 Å². The maximum absolute atomic E-state index is 4.33. The average Bonchev–Trinajstić information content (AvgIpc) is 2.03. The van der Waals surface area contributed by atoms with Gasteiger partial charge in [-0.05, 0) is 26.8 Å². The third-order valence-corrected chi connectivity index (χ3v) is 1.77. The third kappa shape index (κ3) is 2.25. The molecule has 13 heavy (non-hydrogen) atoms. The van der Waals surface area contributed by atoms with E-state index in [1.807, 2.05) is 32.9 Å². The Labute approximate surface area is 79.1 Å². The summed E-state index contributed by atoms with van der Waals surface area (Å²) in [6.07, 6.45) is 5.69. The van der Waals surface area contributed by atoms with E-state index in [1.165, 1.54) is 0 Å². The molecule has 0 aromatic carbocycles. The van der Waals surface area contributed by atoms with Gasteiger partial charge in [-0.1, -0.05) is 12.7 Å². The minimum absolute atomic E-state index is 0.814. The van der Waals surface area contributed by atoms with Gasteiger partial charge in [0.25, 0.3) is 0 Å². The molecule has 0 aromatic rings. The summed E-state index contributed by atoms with van der Waals surface area (Å²) < 4.78 is 0. The highest BCUT2D eigenvalue weighted by Gasteiger charge is 2.09. The molecule has 0 aromatic heterocycles. The molecule has 0 saturated carbocycles. The number of hydrogen-bond donors (Lipinski definition) is 0. The molecular weight excluding hydrogens is 160 g/mol. The lowest BCUT2D eigenvalue weighted by Gasteiger charge is -2.10. The van der Waals surface area contributed by atoms with E-state index < -0.39 is 0 Å². The summed E-state index contributed by atoms with van der Waals surface area (Å²) in [6, 6.07) is 0. The van der Waals surface area contributed by atoms with E-state index in [0.717, 1.165) is 22.7 Å². The van der Waals surface area contributed by atoms with E-state index in [2.05, 4.69) is 16.6 Å². The van der Waals surface area contributed by atoms with Crippen molar-refractivity contribution in [1.29, 1.82) is 0 Å². The first kappa shape index (κ1) is 9.65. The van der Waals surface area contributed by atoms with Crippen LogP contribution < -0.4 is 0 Å². The SMILES string of the molecule is C=C(C)N=C1C=CN=C(C)/C1=C/C. The molecule has 0 N–H and O–H groups in total. The second-order valence-electron chi connectivity index (χ2n) is 2.96. The molecular formula is C11H14N2. The van der Waals surface area contributed by atoms with Crippen molar-refractivity contribution in [1.82, 2.24) is 0 Å². The number of nitrogens with zero attached hydrogens (tertiary/aromatic N) is 2. The van der Waals surface area contributed by atoms with E-state index in [9.17, 15) is 0 Å². The zero-order valence-electron chi connectivity index (χ0n) is 8.33. The first-order chi connectivity index (χ1) is 6.15. The van der Waals surface area contributed by atoms with Crippen LogP contribution in [0.3, 0.4) is 0 Å². The van der Waals surface area contributed by atoms with Gasteiger partial charge in [0.1, 0.15) is 0 Å². The first-order valence-electron chi connectivity index (χ1n) is 4.27. The normalized spacial score (nSPS) is 22.2. The molecule has 0 bridgehead atoms. The molecule has 0 aliphatic carbocycles. The predicted molar refractivity (Wildman–Crippen MR) is 58.3 cm³/mol. The molecule has 0 saturated heterocycles. The van der Waals surface area contributed by atoms with Crippen molar-refractivity contribution in [2.45, 2.75) is 20.8 Å². The lowest BCUT2D eigenvalue weighted by atomic mass is 10.0. The van der Waals surface area contributed by atoms with Gasteiger partial charge in [-0.15, -0.1) is 0 Å². The average molecular weight is 174 g/mol. The van der Waals surface area contributed by atoms with Crippen LogP contribution in [0.5, 0.6) is 0 Å². The van der Waals surface area contributed by atoms with Gasteiger partial charge in [0.05, 0.1) is 5.71 Å². The van der Waals surface area contributed by atoms with Crippen LogP contribution in [0.15, 0.2) is 46.2 Å². The molecule has 0 radical (unpaired) electrons. The number of allylic oxidation sites excluding steroid dienone is 4. The van der Waals surface area contributed by atoms with Crippen LogP contribution in [0, 0.1) is 0 Å². The summed E-state index contributed by atoms with van der Waals surface area (Å²) >= 11 is 0. The van der Waals surface area contributed by atoms with E-state index >= 15 is 0 Å². The molecule has 1 aliphatic rings. The maximum Gasteiger partial charge on any atom is 0.0735 e. The fraction of sp³-hybridized carbons (Fsp3) is 0.273. The summed E-state index contributed by atoms with van der Waals surface area (Å²) in [4.78, 5) is 8.52. The highest BCUT2D eigenvalue weighted by molar-refractivity contribution is 6.29. The second-order valence-corrected chi connectivity index (χ2v) is 2.96. The van der Waals surface area contributed by atoms with Crippen LogP contribution >= 0.6 is 0 Å². The van der Waals surface area contributed by atoms with Crippen molar-refractivity contribution >= 4 is 11.4 Å². The summed E-state index contributed by atoms with van der Waals surface area (Å²) in [6.45, 7) is 9.61. The topological polar surface area (TPSA) is 24.7 Å². The number of hydrogen-bond acceptors (Lipinski definition) is 2. The molecule has 2 heteroatoms. The maximum atomic E-state index is 4.33. The van der Waals surface area contributed by atoms with E-state index in [4.69, 9.17) is 0 Å². The fourth-order valence-corrected chi connectivity index (χ4v) is 1.22. The van der Waals surface area contributed by atoms with Crippen LogP contribution in [0.2, 0.25) is 0 Å². The quantitative estimate of drug-likeness (QED) is 0.584. The Hall–Kier alpha value is -1.44. The Morgan fingerprint density at radius 2 is 2.31 bits per heavy atom. The molecule has 0 atom stereocenters.